The van der Waals surface area contributed by atoms with Gasteiger partial charge >= 0.3 is 0 Å². The molecule has 1 aliphatic rings. The largest absolute Gasteiger partial charge is 0.320 e. The van der Waals surface area contributed by atoms with Crippen molar-refractivity contribution in [1.82, 2.24) is 10.2 Å². The molecule has 0 aliphatic carbocycles. The van der Waals surface area contributed by atoms with Crippen LogP contribution in [0.2, 0.25) is 10.0 Å². The lowest BCUT2D eigenvalue weighted by Crippen LogP contribution is -2.36. The van der Waals surface area contributed by atoms with Crippen molar-refractivity contribution in [3.05, 3.63) is 33.6 Å². The van der Waals surface area contributed by atoms with Gasteiger partial charge in [-0.2, -0.15) is 0 Å². The van der Waals surface area contributed by atoms with Crippen molar-refractivity contribution in [2.45, 2.75) is 32.2 Å². The number of rotatable bonds is 5. The first-order chi connectivity index (χ1) is 10.0. The first-order valence-electron chi connectivity index (χ1n) is 7.56. The summed E-state index contributed by atoms with van der Waals surface area (Å²) in [5, 5.41) is 3.84. The van der Waals surface area contributed by atoms with Crippen molar-refractivity contribution in [2.75, 3.05) is 26.7 Å². The molecule has 2 nitrogen and oxygen atoms in total. The maximum absolute atomic E-state index is 13.7. The molecule has 0 saturated carbocycles. The molecular weight excluding hydrogens is 310 g/mol. The predicted octanol–water partition coefficient (Wildman–Crippen LogP) is 4.52. The van der Waals surface area contributed by atoms with Gasteiger partial charge in [-0.3, -0.25) is 4.90 Å². The van der Waals surface area contributed by atoms with Crippen LogP contribution in [0.5, 0.6) is 0 Å². The molecule has 1 N–H and O–H groups in total. The van der Waals surface area contributed by atoms with Crippen molar-refractivity contribution < 1.29 is 4.39 Å². The Morgan fingerprint density at radius 3 is 2.57 bits per heavy atom. The molecule has 5 heteroatoms. The van der Waals surface area contributed by atoms with E-state index >= 15 is 0 Å². The monoisotopic (exact) mass is 332 g/mol. The van der Waals surface area contributed by atoms with Crippen molar-refractivity contribution >= 4 is 23.2 Å². The third-order valence-corrected chi connectivity index (χ3v) is 5.11. The van der Waals surface area contributed by atoms with Crippen molar-refractivity contribution in [1.29, 1.82) is 0 Å². The fourth-order valence-corrected chi connectivity index (χ4v) is 3.57. The molecule has 118 valence electrons. The third-order valence-electron chi connectivity index (χ3n) is 4.49. The Hall–Kier alpha value is -0.350. The highest BCUT2D eigenvalue weighted by atomic mass is 35.5. The van der Waals surface area contributed by atoms with Gasteiger partial charge in [0.15, 0.2) is 0 Å². The summed E-state index contributed by atoms with van der Waals surface area (Å²) in [6, 6.07) is 3.10. The van der Waals surface area contributed by atoms with E-state index < -0.39 is 5.82 Å². The zero-order valence-electron chi connectivity index (χ0n) is 12.6. The summed E-state index contributed by atoms with van der Waals surface area (Å²) >= 11 is 12.0. The zero-order chi connectivity index (χ0) is 15.4. The third kappa shape index (κ3) is 4.32. The molecule has 1 heterocycles. The van der Waals surface area contributed by atoms with E-state index in [9.17, 15) is 4.39 Å². The Labute approximate surface area is 136 Å². The first-order valence-corrected chi connectivity index (χ1v) is 8.31. The molecule has 1 unspecified atom stereocenters. The molecule has 1 aromatic carbocycles. The Morgan fingerprint density at radius 1 is 1.29 bits per heavy atom. The molecule has 1 atom stereocenters. The number of nitrogens with zero attached hydrogens (tertiary/aromatic N) is 1. The quantitative estimate of drug-likeness (QED) is 0.797. The molecule has 0 radical (unpaired) electrons. The minimum atomic E-state index is -0.396. The first kappa shape index (κ1) is 17.0. The van der Waals surface area contributed by atoms with E-state index in [-0.39, 0.29) is 11.1 Å². The molecular formula is C16H23Cl2FN2. The predicted molar refractivity (Wildman–Crippen MR) is 87.7 cm³/mol. The van der Waals surface area contributed by atoms with E-state index in [1.807, 2.05) is 7.05 Å². The maximum Gasteiger partial charge on any atom is 0.142 e. The Kier molecular flexibility index (Phi) is 6.30. The minimum absolute atomic E-state index is 0.0849. The Bertz CT molecular complexity index is 474. The fourth-order valence-electron chi connectivity index (χ4n) is 3.03. The standard InChI is InChI=1S/C16H23Cl2FN2/c1-11(13-9-16(19)15(18)10-14(13)17)21-7-4-12(5-8-21)3-6-20-2/h9-12,20H,3-8H2,1-2H3. The summed E-state index contributed by atoms with van der Waals surface area (Å²) in [5.74, 6) is 0.394. The highest BCUT2D eigenvalue weighted by molar-refractivity contribution is 6.35. The smallest absolute Gasteiger partial charge is 0.142 e. The van der Waals surface area contributed by atoms with Crippen LogP contribution in [0.4, 0.5) is 4.39 Å². The van der Waals surface area contributed by atoms with Crippen LogP contribution in [0.15, 0.2) is 12.1 Å². The van der Waals surface area contributed by atoms with Crippen molar-refractivity contribution in [2.24, 2.45) is 5.92 Å². The van der Waals surface area contributed by atoms with Crippen LogP contribution < -0.4 is 5.32 Å². The van der Waals surface area contributed by atoms with Gasteiger partial charge < -0.3 is 5.32 Å². The van der Waals surface area contributed by atoms with E-state index in [1.165, 1.54) is 31.4 Å². The summed E-state index contributed by atoms with van der Waals surface area (Å²) < 4.78 is 13.7. The number of nitrogens with one attached hydrogen (secondary N) is 1. The van der Waals surface area contributed by atoms with E-state index in [1.54, 1.807) is 0 Å². The number of hydrogen-bond donors (Lipinski definition) is 1. The average Bonchev–Trinajstić information content (AvgIpc) is 2.48. The average molecular weight is 333 g/mol. The van der Waals surface area contributed by atoms with Gasteiger partial charge in [-0.15, -0.1) is 0 Å². The highest BCUT2D eigenvalue weighted by Crippen LogP contribution is 2.33. The van der Waals surface area contributed by atoms with Crippen molar-refractivity contribution in [3.8, 4) is 0 Å². The Balaban J connectivity index is 1.99. The molecule has 0 amide bonds. The van der Waals surface area contributed by atoms with Crippen LogP contribution in [0, 0.1) is 11.7 Å². The molecule has 21 heavy (non-hydrogen) atoms. The summed E-state index contributed by atoms with van der Waals surface area (Å²) in [5.41, 5.74) is 0.826. The van der Waals surface area contributed by atoms with Gasteiger partial charge in [-0.1, -0.05) is 23.2 Å². The summed E-state index contributed by atoms with van der Waals surface area (Å²) in [6.07, 6.45) is 3.62. The van der Waals surface area contributed by atoms with E-state index in [0.29, 0.717) is 5.02 Å². The number of hydrogen-bond acceptors (Lipinski definition) is 2. The van der Waals surface area contributed by atoms with Crippen molar-refractivity contribution in [3.63, 3.8) is 0 Å². The lowest BCUT2D eigenvalue weighted by atomic mass is 9.92. The van der Waals surface area contributed by atoms with Gasteiger partial charge in [0.25, 0.3) is 0 Å². The van der Waals surface area contributed by atoms with Gasteiger partial charge in [-0.25, -0.2) is 4.39 Å². The molecule has 0 bridgehead atoms. The molecule has 1 aromatic rings. The van der Waals surface area contributed by atoms with Gasteiger partial charge in [0.05, 0.1) is 5.02 Å². The van der Waals surface area contributed by atoms with Crippen LogP contribution >= 0.6 is 23.2 Å². The van der Waals surface area contributed by atoms with Gasteiger partial charge in [-0.05, 0) is 76.5 Å². The van der Waals surface area contributed by atoms with Crippen LogP contribution in [0.3, 0.4) is 0 Å². The molecule has 1 fully saturated rings. The maximum atomic E-state index is 13.7. The Morgan fingerprint density at radius 2 is 1.95 bits per heavy atom. The fraction of sp³-hybridized carbons (Fsp3) is 0.625. The number of piperidine rings is 1. The lowest BCUT2D eigenvalue weighted by Gasteiger charge is -2.36. The van der Waals surface area contributed by atoms with Crippen LogP contribution in [0.25, 0.3) is 0 Å². The molecule has 1 aliphatic heterocycles. The van der Waals surface area contributed by atoms with Gasteiger partial charge in [0, 0.05) is 11.1 Å². The van der Waals surface area contributed by atoms with Gasteiger partial charge in [0.1, 0.15) is 5.82 Å². The van der Waals surface area contributed by atoms with Crippen LogP contribution in [0.1, 0.15) is 37.8 Å². The summed E-state index contributed by atoms with van der Waals surface area (Å²) in [7, 11) is 1.99. The molecule has 0 spiro atoms. The lowest BCUT2D eigenvalue weighted by molar-refractivity contribution is 0.137. The van der Waals surface area contributed by atoms with E-state index in [0.717, 1.165) is 31.1 Å². The summed E-state index contributed by atoms with van der Waals surface area (Å²) in [4.78, 5) is 2.38. The van der Waals surface area contributed by atoms with E-state index in [2.05, 4.69) is 17.1 Å². The minimum Gasteiger partial charge on any atom is -0.320 e. The van der Waals surface area contributed by atoms with Gasteiger partial charge in [0.2, 0.25) is 0 Å². The van der Waals surface area contributed by atoms with Crippen LogP contribution in [-0.4, -0.2) is 31.6 Å². The normalized spacial score (nSPS) is 18.9. The molecule has 2 rings (SSSR count). The topological polar surface area (TPSA) is 15.3 Å². The second kappa shape index (κ2) is 7.77. The van der Waals surface area contributed by atoms with Crippen LogP contribution in [-0.2, 0) is 0 Å². The number of benzene rings is 1. The second-order valence-corrected chi connectivity index (χ2v) is 6.65. The summed E-state index contributed by atoms with van der Waals surface area (Å²) in [6.45, 7) is 5.24. The SMILES string of the molecule is CNCCC1CCN(C(C)c2cc(F)c(Cl)cc2Cl)CC1. The molecule has 0 aromatic heterocycles. The van der Waals surface area contributed by atoms with E-state index in [4.69, 9.17) is 23.2 Å². The highest BCUT2D eigenvalue weighted by Gasteiger charge is 2.25. The number of halogens is 3. The second-order valence-electron chi connectivity index (χ2n) is 5.84. The molecule has 1 saturated heterocycles. The zero-order valence-corrected chi connectivity index (χ0v) is 14.1. The number of likely N-dealkylation sites (tertiary alicyclic amines) is 1.